The zero-order chi connectivity index (χ0) is 16.7. The molecule has 0 spiro atoms. The van der Waals surface area contributed by atoms with Gasteiger partial charge in [0.25, 0.3) is 5.91 Å². The van der Waals surface area contributed by atoms with Crippen LogP contribution in [0, 0.1) is 6.92 Å². The van der Waals surface area contributed by atoms with E-state index in [-0.39, 0.29) is 18.9 Å². The van der Waals surface area contributed by atoms with Crippen LogP contribution in [-0.2, 0) is 17.8 Å². The fourth-order valence-electron chi connectivity index (χ4n) is 2.80. The van der Waals surface area contributed by atoms with Gasteiger partial charge in [0.1, 0.15) is 0 Å². The van der Waals surface area contributed by atoms with Crippen LogP contribution in [0.15, 0.2) is 18.2 Å². The Morgan fingerprint density at radius 3 is 2.65 bits per heavy atom. The number of nitrogens with one attached hydrogen (secondary N) is 1. The number of amides is 2. The second-order valence-corrected chi connectivity index (χ2v) is 6.10. The molecule has 0 unspecified atom stereocenters. The number of nitrogens with two attached hydrogens (primary N) is 1. The van der Waals surface area contributed by atoms with Crippen LogP contribution in [0.4, 0.5) is 0 Å². The average Bonchev–Trinajstić information content (AvgIpc) is 2.45. The lowest BCUT2D eigenvalue weighted by molar-refractivity contribution is -0.119. The van der Waals surface area contributed by atoms with Crippen molar-refractivity contribution in [2.24, 2.45) is 5.73 Å². The second kappa shape index (κ2) is 5.92. The lowest BCUT2D eigenvalue weighted by Gasteiger charge is -2.22. The van der Waals surface area contributed by atoms with Crippen LogP contribution in [0.5, 0.6) is 0 Å². The van der Waals surface area contributed by atoms with Crippen LogP contribution in [0.1, 0.15) is 27.3 Å². The van der Waals surface area contributed by atoms with Crippen molar-refractivity contribution in [3.8, 4) is 11.1 Å². The van der Waals surface area contributed by atoms with Crippen LogP contribution in [0.25, 0.3) is 11.1 Å². The SMILES string of the molecule is Cc1nc2c(c(-c3ccc(Cl)cc3Cl)c1CN)C(=O)NC(=O)C2. The van der Waals surface area contributed by atoms with Crippen LogP contribution < -0.4 is 11.1 Å². The predicted molar refractivity (Wildman–Crippen MR) is 88.5 cm³/mol. The molecule has 1 aliphatic rings. The van der Waals surface area contributed by atoms with Crippen molar-refractivity contribution in [2.75, 3.05) is 0 Å². The number of hydrogen-bond acceptors (Lipinski definition) is 4. The first-order valence-corrected chi connectivity index (χ1v) is 7.70. The van der Waals surface area contributed by atoms with E-state index >= 15 is 0 Å². The van der Waals surface area contributed by atoms with Crippen molar-refractivity contribution in [1.82, 2.24) is 10.3 Å². The summed E-state index contributed by atoms with van der Waals surface area (Å²) in [4.78, 5) is 28.4. The van der Waals surface area contributed by atoms with E-state index in [2.05, 4.69) is 10.3 Å². The van der Waals surface area contributed by atoms with E-state index in [1.54, 1.807) is 25.1 Å². The van der Waals surface area contributed by atoms with Crippen molar-refractivity contribution in [3.63, 3.8) is 0 Å². The third kappa shape index (κ3) is 2.72. The molecule has 118 valence electrons. The highest BCUT2D eigenvalue weighted by Crippen LogP contribution is 2.37. The van der Waals surface area contributed by atoms with Gasteiger partial charge < -0.3 is 5.73 Å². The summed E-state index contributed by atoms with van der Waals surface area (Å²) >= 11 is 12.3. The Kier molecular flexibility index (Phi) is 4.10. The van der Waals surface area contributed by atoms with Gasteiger partial charge in [-0.3, -0.25) is 19.9 Å². The normalized spacial score (nSPS) is 13.7. The Balaban J connectivity index is 2.38. The van der Waals surface area contributed by atoms with E-state index in [1.807, 2.05) is 0 Å². The highest BCUT2D eigenvalue weighted by atomic mass is 35.5. The molecule has 1 aliphatic heterocycles. The third-order valence-corrected chi connectivity index (χ3v) is 4.34. The van der Waals surface area contributed by atoms with Crippen LogP contribution in [0.3, 0.4) is 0 Å². The Morgan fingerprint density at radius 1 is 1.26 bits per heavy atom. The fraction of sp³-hybridized carbons (Fsp3) is 0.188. The number of nitrogens with zero attached hydrogens (tertiary/aromatic N) is 1. The highest BCUT2D eigenvalue weighted by molar-refractivity contribution is 6.36. The number of aryl methyl sites for hydroxylation is 1. The Bertz CT molecular complexity index is 850. The molecule has 3 rings (SSSR count). The maximum atomic E-state index is 12.4. The van der Waals surface area contributed by atoms with E-state index in [0.29, 0.717) is 38.1 Å². The molecule has 1 aromatic heterocycles. The van der Waals surface area contributed by atoms with Gasteiger partial charge in [0.05, 0.1) is 17.7 Å². The molecule has 5 nitrogen and oxygen atoms in total. The number of aromatic nitrogens is 1. The maximum Gasteiger partial charge on any atom is 0.260 e. The van der Waals surface area contributed by atoms with Gasteiger partial charge in [-0.25, -0.2) is 0 Å². The number of pyridine rings is 1. The standard InChI is InChI=1S/C16H13Cl2N3O2/c1-7-10(6-19)14(9-3-2-8(17)4-11(9)18)15-12(20-7)5-13(22)21-16(15)23/h2-4H,5-6,19H2,1H3,(H,21,22,23). The van der Waals surface area contributed by atoms with Gasteiger partial charge in [-0.05, 0) is 24.6 Å². The van der Waals surface area contributed by atoms with Gasteiger partial charge in [0.2, 0.25) is 5.91 Å². The van der Waals surface area contributed by atoms with Crippen LogP contribution in [-0.4, -0.2) is 16.8 Å². The van der Waals surface area contributed by atoms with Crippen LogP contribution in [0.2, 0.25) is 10.0 Å². The molecular formula is C16H13Cl2N3O2. The summed E-state index contributed by atoms with van der Waals surface area (Å²) in [6, 6.07) is 5.03. The van der Waals surface area contributed by atoms with E-state index in [1.165, 1.54) is 0 Å². The summed E-state index contributed by atoms with van der Waals surface area (Å²) in [5.74, 6) is -0.859. The molecule has 0 saturated carbocycles. The number of rotatable bonds is 2. The number of carbonyl (C=O) groups is 2. The van der Waals surface area contributed by atoms with Gasteiger partial charge >= 0.3 is 0 Å². The molecule has 1 aromatic carbocycles. The van der Waals surface area contributed by atoms with Gasteiger partial charge in [-0.2, -0.15) is 0 Å². The zero-order valence-corrected chi connectivity index (χ0v) is 13.8. The van der Waals surface area contributed by atoms with E-state index < -0.39 is 5.91 Å². The molecule has 2 aromatic rings. The van der Waals surface area contributed by atoms with E-state index in [4.69, 9.17) is 28.9 Å². The maximum absolute atomic E-state index is 12.4. The number of imide groups is 1. The van der Waals surface area contributed by atoms with E-state index in [0.717, 1.165) is 5.56 Å². The molecule has 0 aliphatic carbocycles. The third-order valence-electron chi connectivity index (χ3n) is 3.79. The van der Waals surface area contributed by atoms with Crippen molar-refractivity contribution >= 4 is 35.0 Å². The predicted octanol–water partition coefficient (Wildman–Crippen LogP) is 2.64. The first kappa shape index (κ1) is 15.9. The summed E-state index contributed by atoms with van der Waals surface area (Å²) in [5.41, 5.74) is 9.30. The Hall–Kier alpha value is -1.95. The number of carbonyl (C=O) groups excluding carboxylic acids is 2. The lowest BCUT2D eigenvalue weighted by atomic mass is 9.89. The first-order valence-electron chi connectivity index (χ1n) is 6.94. The summed E-state index contributed by atoms with van der Waals surface area (Å²) in [6.07, 6.45) is 0.0466. The van der Waals surface area contributed by atoms with Crippen LogP contribution >= 0.6 is 23.2 Å². The van der Waals surface area contributed by atoms with Crippen molar-refractivity contribution in [3.05, 3.63) is 50.8 Å². The summed E-state index contributed by atoms with van der Waals surface area (Å²) in [7, 11) is 0. The molecule has 0 atom stereocenters. The lowest BCUT2D eigenvalue weighted by Crippen LogP contribution is -2.38. The number of halogens is 2. The number of fused-ring (bicyclic) bond motifs is 1. The smallest absolute Gasteiger partial charge is 0.260 e. The monoisotopic (exact) mass is 349 g/mol. The first-order chi connectivity index (χ1) is 10.9. The molecule has 2 heterocycles. The Morgan fingerprint density at radius 2 is 2.00 bits per heavy atom. The van der Waals surface area contributed by atoms with E-state index in [9.17, 15) is 9.59 Å². The zero-order valence-electron chi connectivity index (χ0n) is 12.2. The highest BCUT2D eigenvalue weighted by Gasteiger charge is 2.30. The molecule has 7 heteroatoms. The molecule has 0 bridgehead atoms. The van der Waals surface area contributed by atoms with Crippen molar-refractivity contribution in [2.45, 2.75) is 19.9 Å². The molecular weight excluding hydrogens is 337 g/mol. The minimum Gasteiger partial charge on any atom is -0.326 e. The average molecular weight is 350 g/mol. The van der Waals surface area contributed by atoms with Gasteiger partial charge in [-0.15, -0.1) is 0 Å². The second-order valence-electron chi connectivity index (χ2n) is 5.25. The summed E-state index contributed by atoms with van der Waals surface area (Å²) in [6.45, 7) is 1.99. The molecule has 0 radical (unpaired) electrons. The Labute approximate surface area is 142 Å². The minimum absolute atomic E-state index is 0.0466. The quantitative estimate of drug-likeness (QED) is 0.816. The molecule has 3 N–H and O–H groups in total. The molecule has 0 saturated heterocycles. The van der Waals surface area contributed by atoms with Crippen molar-refractivity contribution in [1.29, 1.82) is 0 Å². The van der Waals surface area contributed by atoms with Gasteiger partial charge in [0.15, 0.2) is 0 Å². The van der Waals surface area contributed by atoms with Gasteiger partial charge in [0, 0.05) is 33.4 Å². The molecule has 2 amide bonds. The molecule has 0 fully saturated rings. The fourth-order valence-corrected chi connectivity index (χ4v) is 3.30. The number of benzene rings is 1. The largest absolute Gasteiger partial charge is 0.326 e. The number of hydrogen-bond donors (Lipinski definition) is 2. The summed E-state index contributed by atoms with van der Waals surface area (Å²) in [5, 5.41) is 3.22. The van der Waals surface area contributed by atoms with Crippen molar-refractivity contribution < 1.29 is 9.59 Å². The molecule has 23 heavy (non-hydrogen) atoms. The minimum atomic E-state index is -0.487. The van der Waals surface area contributed by atoms with Gasteiger partial charge in [-0.1, -0.05) is 29.3 Å². The summed E-state index contributed by atoms with van der Waals surface area (Å²) < 4.78 is 0. The topological polar surface area (TPSA) is 85.1 Å².